The van der Waals surface area contributed by atoms with Gasteiger partial charge in [0.05, 0.1) is 35.9 Å². The normalized spacial score (nSPS) is 21.0. The Kier molecular flexibility index (Phi) is 6.91. The van der Waals surface area contributed by atoms with Gasteiger partial charge in [0, 0.05) is 11.5 Å². The molecular formula is C23H28F2N2O4. The van der Waals surface area contributed by atoms with Gasteiger partial charge in [-0.15, -0.1) is 0 Å². The fourth-order valence-electron chi connectivity index (χ4n) is 3.85. The number of nitrogens with one attached hydrogen (secondary N) is 1. The van der Waals surface area contributed by atoms with Crippen molar-refractivity contribution in [3.63, 3.8) is 0 Å². The highest BCUT2D eigenvalue weighted by Gasteiger charge is 2.46. The van der Waals surface area contributed by atoms with E-state index >= 15 is 0 Å². The zero-order valence-electron chi connectivity index (χ0n) is 18.1. The van der Waals surface area contributed by atoms with Crippen LogP contribution in [0.25, 0.3) is 0 Å². The van der Waals surface area contributed by atoms with E-state index in [1.54, 1.807) is 19.1 Å². The minimum Gasteiger partial charge on any atom is -0.490 e. The quantitative estimate of drug-likeness (QED) is 0.671. The number of aliphatic hydroxyl groups excluding tert-OH is 1. The number of anilines is 1. The van der Waals surface area contributed by atoms with Gasteiger partial charge in [-0.25, -0.2) is 4.39 Å². The summed E-state index contributed by atoms with van der Waals surface area (Å²) in [7, 11) is 0. The van der Waals surface area contributed by atoms with E-state index in [0.717, 1.165) is 6.07 Å². The predicted octanol–water partition coefficient (Wildman–Crippen LogP) is 4.49. The van der Waals surface area contributed by atoms with Crippen LogP contribution in [0.3, 0.4) is 0 Å². The van der Waals surface area contributed by atoms with Crippen molar-refractivity contribution in [2.75, 3.05) is 11.9 Å². The molecule has 0 spiro atoms. The number of ether oxygens (including phenoxy) is 2. The Morgan fingerprint density at radius 1 is 1.32 bits per heavy atom. The summed E-state index contributed by atoms with van der Waals surface area (Å²) in [5, 5.41) is 12.6. The van der Waals surface area contributed by atoms with Gasteiger partial charge in [0.15, 0.2) is 11.6 Å². The largest absolute Gasteiger partial charge is 0.490 e. The molecule has 1 fully saturated rings. The van der Waals surface area contributed by atoms with Crippen LogP contribution in [0, 0.1) is 11.6 Å². The van der Waals surface area contributed by atoms with Gasteiger partial charge in [-0.2, -0.15) is 4.39 Å². The minimum atomic E-state index is -1.07. The van der Waals surface area contributed by atoms with E-state index in [2.05, 4.69) is 10.3 Å². The number of aliphatic hydroxyl groups is 1. The van der Waals surface area contributed by atoms with Gasteiger partial charge >= 0.3 is 0 Å². The van der Waals surface area contributed by atoms with E-state index in [4.69, 9.17) is 9.47 Å². The standard InChI is InChI=1S/C23H28F2N2O4/c1-5-18(28)17-10-7-13(12-26-17)27-22(29)21-15(11-23(3,4)31-21)14-8-9-16(24)19(25)20(14)30-6-2/h7-10,12,15,18,21,28H,5-6,11H2,1-4H3,(H,27,29)/t15-,18-,21+/m0/s1. The van der Waals surface area contributed by atoms with E-state index in [0.29, 0.717) is 29.8 Å². The molecule has 6 nitrogen and oxygen atoms in total. The maximum atomic E-state index is 14.4. The van der Waals surface area contributed by atoms with Crippen LogP contribution in [0.1, 0.15) is 63.8 Å². The van der Waals surface area contributed by atoms with Gasteiger partial charge in [0.1, 0.15) is 6.10 Å². The maximum absolute atomic E-state index is 14.4. The summed E-state index contributed by atoms with van der Waals surface area (Å²) in [6, 6.07) is 5.78. The molecule has 2 aromatic rings. The molecule has 3 atom stereocenters. The van der Waals surface area contributed by atoms with Crippen LogP contribution in [0.4, 0.5) is 14.5 Å². The number of aromatic nitrogens is 1. The summed E-state index contributed by atoms with van der Waals surface area (Å²) >= 11 is 0. The summed E-state index contributed by atoms with van der Waals surface area (Å²) in [6.45, 7) is 7.37. The molecule has 0 unspecified atom stereocenters. The zero-order valence-corrected chi connectivity index (χ0v) is 18.1. The molecule has 168 valence electrons. The number of amides is 1. The monoisotopic (exact) mass is 434 g/mol. The molecule has 1 aliphatic heterocycles. The Labute approximate surface area is 180 Å². The molecule has 1 saturated heterocycles. The van der Waals surface area contributed by atoms with Gasteiger partial charge in [0.2, 0.25) is 5.82 Å². The fourth-order valence-corrected chi connectivity index (χ4v) is 3.85. The highest BCUT2D eigenvalue weighted by Crippen LogP contribution is 2.45. The minimum absolute atomic E-state index is 0.156. The lowest BCUT2D eigenvalue weighted by Gasteiger charge is -2.21. The lowest BCUT2D eigenvalue weighted by molar-refractivity contribution is -0.130. The highest BCUT2D eigenvalue weighted by atomic mass is 19.2. The summed E-state index contributed by atoms with van der Waals surface area (Å²) < 4.78 is 39.6. The Hall–Kier alpha value is -2.58. The lowest BCUT2D eigenvalue weighted by Crippen LogP contribution is -2.33. The summed E-state index contributed by atoms with van der Waals surface area (Å²) in [4.78, 5) is 17.2. The number of pyridine rings is 1. The predicted molar refractivity (Wildman–Crippen MR) is 112 cm³/mol. The van der Waals surface area contributed by atoms with Crippen molar-refractivity contribution in [3.05, 3.63) is 53.4 Å². The molecule has 2 heterocycles. The van der Waals surface area contributed by atoms with Crippen molar-refractivity contribution in [3.8, 4) is 5.75 Å². The van der Waals surface area contributed by atoms with Crippen LogP contribution in [-0.2, 0) is 9.53 Å². The maximum Gasteiger partial charge on any atom is 0.254 e. The number of nitrogens with zero attached hydrogens (tertiary/aromatic N) is 1. The third kappa shape index (κ3) is 5.02. The van der Waals surface area contributed by atoms with Crippen LogP contribution in [0.15, 0.2) is 30.5 Å². The second-order valence-corrected chi connectivity index (χ2v) is 8.21. The summed E-state index contributed by atoms with van der Waals surface area (Å²) in [5.74, 6) is -3.22. The van der Waals surface area contributed by atoms with Crippen molar-refractivity contribution in [1.82, 2.24) is 4.98 Å². The van der Waals surface area contributed by atoms with E-state index < -0.39 is 41.3 Å². The third-order valence-corrected chi connectivity index (χ3v) is 5.33. The SMILES string of the molecule is CCOc1c([C@@H]2CC(C)(C)O[C@H]2C(=O)Nc2ccc([C@@H](O)CC)nc2)ccc(F)c1F. The molecule has 0 aliphatic carbocycles. The molecule has 0 bridgehead atoms. The molecule has 0 saturated carbocycles. The molecule has 3 rings (SSSR count). The van der Waals surface area contributed by atoms with Crippen molar-refractivity contribution in [2.45, 2.75) is 64.3 Å². The van der Waals surface area contributed by atoms with Gasteiger partial charge in [0.25, 0.3) is 5.91 Å². The van der Waals surface area contributed by atoms with Crippen molar-refractivity contribution in [1.29, 1.82) is 0 Å². The van der Waals surface area contributed by atoms with Gasteiger partial charge in [-0.05, 0) is 51.8 Å². The Balaban J connectivity index is 1.87. The zero-order chi connectivity index (χ0) is 22.8. The molecule has 1 aliphatic rings. The third-order valence-electron chi connectivity index (χ3n) is 5.33. The molecule has 0 radical (unpaired) electrons. The van der Waals surface area contributed by atoms with E-state index in [1.807, 2.05) is 20.8 Å². The van der Waals surface area contributed by atoms with Gasteiger partial charge < -0.3 is 19.9 Å². The average molecular weight is 434 g/mol. The number of hydrogen-bond donors (Lipinski definition) is 2. The number of halogens is 2. The Morgan fingerprint density at radius 3 is 2.68 bits per heavy atom. The average Bonchev–Trinajstić information content (AvgIpc) is 3.07. The van der Waals surface area contributed by atoms with Crippen LogP contribution in [-0.4, -0.2) is 34.3 Å². The first-order valence-electron chi connectivity index (χ1n) is 10.4. The number of hydrogen-bond acceptors (Lipinski definition) is 5. The van der Waals surface area contributed by atoms with E-state index in [1.165, 1.54) is 12.3 Å². The summed E-state index contributed by atoms with van der Waals surface area (Å²) in [5.41, 5.74) is 0.708. The Morgan fingerprint density at radius 2 is 2.06 bits per heavy atom. The highest BCUT2D eigenvalue weighted by molar-refractivity contribution is 5.95. The first-order valence-corrected chi connectivity index (χ1v) is 10.4. The van der Waals surface area contributed by atoms with Crippen LogP contribution >= 0.6 is 0 Å². The van der Waals surface area contributed by atoms with Gasteiger partial charge in [-0.1, -0.05) is 13.0 Å². The Bertz CT molecular complexity index is 934. The summed E-state index contributed by atoms with van der Waals surface area (Å²) in [6.07, 6.45) is 0.820. The van der Waals surface area contributed by atoms with Crippen LogP contribution in [0.5, 0.6) is 5.75 Å². The van der Waals surface area contributed by atoms with E-state index in [9.17, 15) is 18.7 Å². The second kappa shape index (κ2) is 9.28. The van der Waals surface area contributed by atoms with Crippen LogP contribution in [0.2, 0.25) is 0 Å². The van der Waals surface area contributed by atoms with Crippen LogP contribution < -0.4 is 10.1 Å². The number of carbonyl (C=O) groups is 1. The second-order valence-electron chi connectivity index (χ2n) is 8.21. The molecular weight excluding hydrogens is 406 g/mol. The van der Waals surface area contributed by atoms with Crippen molar-refractivity contribution in [2.24, 2.45) is 0 Å². The molecule has 31 heavy (non-hydrogen) atoms. The first kappa shape index (κ1) is 23.1. The molecule has 8 heteroatoms. The van der Waals surface area contributed by atoms with Crippen molar-refractivity contribution >= 4 is 11.6 Å². The topological polar surface area (TPSA) is 80.7 Å². The molecule has 2 N–H and O–H groups in total. The lowest BCUT2D eigenvalue weighted by atomic mass is 9.86. The van der Waals surface area contributed by atoms with E-state index in [-0.39, 0.29) is 12.4 Å². The molecule has 1 aromatic heterocycles. The van der Waals surface area contributed by atoms with Crippen molar-refractivity contribution < 1.29 is 28.2 Å². The smallest absolute Gasteiger partial charge is 0.254 e. The number of rotatable bonds is 7. The molecule has 1 aromatic carbocycles. The number of benzene rings is 1. The first-order chi connectivity index (χ1) is 14.7. The fraction of sp³-hybridized carbons (Fsp3) is 0.478. The number of carbonyl (C=O) groups excluding carboxylic acids is 1. The van der Waals surface area contributed by atoms with Gasteiger partial charge in [-0.3, -0.25) is 9.78 Å². The molecule has 1 amide bonds.